The van der Waals surface area contributed by atoms with E-state index in [-0.39, 0.29) is 0 Å². The molecule has 5 heterocycles. The molecule has 0 saturated heterocycles. The van der Waals surface area contributed by atoms with E-state index in [1.807, 2.05) is 36.4 Å². The van der Waals surface area contributed by atoms with Crippen LogP contribution >= 0.6 is 0 Å². The summed E-state index contributed by atoms with van der Waals surface area (Å²) >= 11 is 0. The highest BCUT2D eigenvalue weighted by Crippen LogP contribution is 2.40. The summed E-state index contributed by atoms with van der Waals surface area (Å²) in [7, 11) is 0. The monoisotopic (exact) mass is 743 g/mol. The summed E-state index contributed by atoms with van der Waals surface area (Å²) in [5.74, 6) is 1.52. The normalized spacial score (nSPS) is 12.1. The van der Waals surface area contributed by atoms with Gasteiger partial charge in [-0.3, -0.25) is 4.57 Å². The summed E-state index contributed by atoms with van der Waals surface area (Å²) in [4.78, 5) is 15.8. The van der Waals surface area contributed by atoms with E-state index < -0.39 is 0 Å². The Morgan fingerprint density at radius 1 is 0.328 bits per heavy atom. The fourth-order valence-electron chi connectivity index (χ4n) is 9.07. The maximum Gasteiger partial charge on any atom is 0.238 e. The van der Waals surface area contributed by atoms with Gasteiger partial charge in [-0.1, -0.05) is 115 Å². The molecule has 0 unspecified atom stereocenters. The van der Waals surface area contributed by atoms with E-state index in [0.29, 0.717) is 23.2 Å². The van der Waals surface area contributed by atoms with Crippen LogP contribution < -0.4 is 0 Å². The molecular weight excluding hydrogens is 715 g/mol. The lowest BCUT2D eigenvalue weighted by Crippen LogP contribution is -2.06. The third-order valence-electron chi connectivity index (χ3n) is 11.6. The van der Waals surface area contributed by atoms with E-state index in [2.05, 4.69) is 149 Å². The molecule has 0 spiro atoms. The summed E-state index contributed by atoms with van der Waals surface area (Å²) in [5, 5.41) is 8.74. The van der Waals surface area contributed by atoms with Gasteiger partial charge in [0.05, 0.1) is 33.2 Å². The Morgan fingerprint density at radius 3 is 1.31 bits per heavy atom. The van der Waals surface area contributed by atoms with E-state index in [1.165, 1.54) is 10.8 Å². The second kappa shape index (κ2) is 11.7. The van der Waals surface area contributed by atoms with Crippen LogP contribution in [0.4, 0.5) is 0 Å². The number of benzene rings is 8. The minimum atomic E-state index is 0.502. The Kier molecular flexibility index (Phi) is 6.32. The van der Waals surface area contributed by atoms with Gasteiger partial charge in [0.25, 0.3) is 0 Å². The van der Waals surface area contributed by atoms with Gasteiger partial charge in [0.1, 0.15) is 22.3 Å². The van der Waals surface area contributed by atoms with Crippen LogP contribution in [0.3, 0.4) is 0 Å². The van der Waals surface area contributed by atoms with Gasteiger partial charge in [-0.2, -0.15) is 9.97 Å². The average Bonchev–Trinajstić information content (AvgIpc) is 4.03. The average molecular weight is 744 g/mol. The first-order chi connectivity index (χ1) is 28.8. The van der Waals surface area contributed by atoms with Crippen LogP contribution in [-0.2, 0) is 0 Å². The molecule has 13 aromatic rings. The van der Waals surface area contributed by atoms with Gasteiger partial charge in [0, 0.05) is 54.8 Å². The molecule has 7 nitrogen and oxygen atoms in total. The minimum absolute atomic E-state index is 0.502. The molecule has 0 aliphatic rings. The van der Waals surface area contributed by atoms with Crippen LogP contribution in [0.2, 0.25) is 0 Å². The van der Waals surface area contributed by atoms with Crippen molar-refractivity contribution in [1.29, 1.82) is 0 Å². The Labute approximate surface area is 329 Å². The maximum atomic E-state index is 6.89. The third-order valence-corrected chi connectivity index (χ3v) is 11.6. The molecule has 0 radical (unpaired) electrons. The number of rotatable bonds is 4. The SMILES string of the molecule is c1ccc2c(c1)oc1c(-c3nc(-c4cccc5c4oc4cc(-n6c7ccccc7c7ccccc76)ccc45)nc(-n4c5ccccc5c5ccccc54)n3)cccc12. The number of hydrogen-bond donors (Lipinski definition) is 0. The van der Waals surface area contributed by atoms with E-state index >= 15 is 0 Å². The lowest BCUT2D eigenvalue weighted by atomic mass is 10.1. The van der Waals surface area contributed by atoms with Gasteiger partial charge in [0.15, 0.2) is 11.6 Å². The lowest BCUT2D eigenvalue weighted by molar-refractivity contribution is 0.669. The third kappa shape index (κ3) is 4.35. The molecule has 270 valence electrons. The largest absolute Gasteiger partial charge is 0.455 e. The Hall–Kier alpha value is -8.03. The highest BCUT2D eigenvalue weighted by molar-refractivity contribution is 6.13. The number of aromatic nitrogens is 5. The van der Waals surface area contributed by atoms with Crippen molar-refractivity contribution in [2.75, 3.05) is 0 Å². The Morgan fingerprint density at radius 2 is 0.759 bits per heavy atom. The molecule has 58 heavy (non-hydrogen) atoms. The number of para-hydroxylation sites is 7. The van der Waals surface area contributed by atoms with Crippen molar-refractivity contribution in [3.05, 3.63) is 176 Å². The number of nitrogens with zero attached hydrogens (tertiary/aromatic N) is 5. The van der Waals surface area contributed by atoms with Gasteiger partial charge < -0.3 is 13.4 Å². The van der Waals surface area contributed by atoms with Gasteiger partial charge in [-0.15, -0.1) is 0 Å². The fourth-order valence-corrected chi connectivity index (χ4v) is 9.07. The van der Waals surface area contributed by atoms with Crippen molar-refractivity contribution in [3.8, 4) is 34.4 Å². The molecule has 13 rings (SSSR count). The molecule has 8 aromatic carbocycles. The standard InChI is InChI=1S/C51H29N5O2/c1-6-22-41-31(13-1)32-14-2-7-23-42(32)55(41)30-27-28-36-38-19-12-21-40(48(38)58-46(36)29-30)50-52-49(39-20-11-18-37-35-17-5-10-26-45(35)57-47(37)39)53-51(54-50)56-43-24-8-3-15-33(43)34-16-4-9-25-44(34)56/h1-29H. The second-order valence-electron chi connectivity index (χ2n) is 14.8. The summed E-state index contributed by atoms with van der Waals surface area (Å²) in [6.45, 7) is 0. The van der Waals surface area contributed by atoms with Crippen LogP contribution in [0.25, 0.3) is 122 Å². The molecule has 0 N–H and O–H groups in total. The van der Waals surface area contributed by atoms with Crippen molar-refractivity contribution < 1.29 is 8.83 Å². The van der Waals surface area contributed by atoms with E-state index in [1.54, 1.807) is 0 Å². The van der Waals surface area contributed by atoms with E-state index in [4.69, 9.17) is 23.8 Å². The van der Waals surface area contributed by atoms with Crippen LogP contribution in [0, 0.1) is 0 Å². The molecule has 5 aromatic heterocycles. The summed E-state index contributed by atoms with van der Waals surface area (Å²) in [6, 6.07) is 60.8. The molecular formula is C51H29N5O2. The van der Waals surface area contributed by atoms with Gasteiger partial charge in [-0.25, -0.2) is 4.98 Å². The smallest absolute Gasteiger partial charge is 0.238 e. The lowest BCUT2D eigenvalue weighted by Gasteiger charge is -2.11. The molecule has 0 atom stereocenters. The number of hydrogen-bond acceptors (Lipinski definition) is 5. The molecule has 0 saturated carbocycles. The number of fused-ring (bicyclic) bond motifs is 12. The van der Waals surface area contributed by atoms with Gasteiger partial charge >= 0.3 is 0 Å². The minimum Gasteiger partial charge on any atom is -0.455 e. The predicted octanol–water partition coefficient (Wildman–Crippen LogP) is 13.2. The first-order valence-corrected chi connectivity index (χ1v) is 19.4. The van der Waals surface area contributed by atoms with Crippen molar-refractivity contribution in [2.24, 2.45) is 0 Å². The number of furan rings is 2. The van der Waals surface area contributed by atoms with Crippen LogP contribution in [0.15, 0.2) is 185 Å². The van der Waals surface area contributed by atoms with Gasteiger partial charge in [0.2, 0.25) is 5.95 Å². The molecule has 0 aliphatic heterocycles. The second-order valence-corrected chi connectivity index (χ2v) is 14.8. The molecule has 0 aliphatic carbocycles. The van der Waals surface area contributed by atoms with Gasteiger partial charge in [-0.05, 0) is 54.6 Å². The van der Waals surface area contributed by atoms with E-state index in [9.17, 15) is 0 Å². The van der Waals surface area contributed by atoms with Crippen molar-refractivity contribution in [1.82, 2.24) is 24.1 Å². The Balaban J connectivity index is 1.07. The maximum absolute atomic E-state index is 6.89. The van der Waals surface area contributed by atoms with Crippen LogP contribution in [-0.4, -0.2) is 24.1 Å². The summed E-state index contributed by atoms with van der Waals surface area (Å²) in [6.07, 6.45) is 0. The fraction of sp³-hybridized carbons (Fsp3) is 0. The highest BCUT2D eigenvalue weighted by Gasteiger charge is 2.23. The van der Waals surface area contributed by atoms with Crippen molar-refractivity contribution >= 4 is 87.5 Å². The first-order valence-electron chi connectivity index (χ1n) is 19.4. The summed E-state index contributed by atoms with van der Waals surface area (Å²) < 4.78 is 17.9. The van der Waals surface area contributed by atoms with Crippen LogP contribution in [0.5, 0.6) is 0 Å². The molecule has 0 bridgehead atoms. The highest BCUT2D eigenvalue weighted by atomic mass is 16.3. The van der Waals surface area contributed by atoms with E-state index in [0.717, 1.165) is 87.9 Å². The zero-order valence-electron chi connectivity index (χ0n) is 30.8. The summed E-state index contributed by atoms with van der Waals surface area (Å²) in [5.41, 5.74) is 9.94. The first kappa shape index (κ1) is 31.2. The zero-order chi connectivity index (χ0) is 37.9. The van der Waals surface area contributed by atoms with Crippen molar-refractivity contribution in [2.45, 2.75) is 0 Å². The topological polar surface area (TPSA) is 74.8 Å². The van der Waals surface area contributed by atoms with Crippen LogP contribution in [0.1, 0.15) is 0 Å². The zero-order valence-corrected chi connectivity index (χ0v) is 30.8. The quantitative estimate of drug-likeness (QED) is 0.179. The Bertz CT molecular complexity index is 3720. The molecule has 0 fully saturated rings. The van der Waals surface area contributed by atoms with Crippen molar-refractivity contribution in [3.63, 3.8) is 0 Å². The molecule has 0 amide bonds. The molecule has 7 heteroatoms. The predicted molar refractivity (Wildman–Crippen MR) is 234 cm³/mol.